The van der Waals surface area contributed by atoms with E-state index in [0.29, 0.717) is 31.5 Å². The summed E-state index contributed by atoms with van der Waals surface area (Å²) in [5.41, 5.74) is 2.74. The van der Waals surface area contributed by atoms with Crippen LogP contribution in [-0.2, 0) is 22.6 Å². The van der Waals surface area contributed by atoms with Gasteiger partial charge < -0.3 is 25.3 Å². The maximum Gasteiger partial charge on any atom is 0.240 e. The van der Waals surface area contributed by atoms with Gasteiger partial charge in [0.1, 0.15) is 12.4 Å². The summed E-state index contributed by atoms with van der Waals surface area (Å²) in [7, 11) is 1.61. The molecule has 4 aromatic rings. The minimum atomic E-state index is -0.0549. The van der Waals surface area contributed by atoms with Gasteiger partial charge in [0.25, 0.3) is 0 Å². The summed E-state index contributed by atoms with van der Waals surface area (Å²) >= 11 is 3.49. The average Bonchev–Trinajstić information content (AvgIpc) is 3.22. The Morgan fingerprint density at radius 1 is 1.18 bits per heavy atom. The van der Waals surface area contributed by atoms with Crippen molar-refractivity contribution in [2.75, 3.05) is 30.9 Å². The molecule has 33 heavy (non-hydrogen) atoms. The van der Waals surface area contributed by atoms with Crippen molar-refractivity contribution in [2.45, 2.75) is 13.1 Å². The molecule has 0 bridgehead atoms. The van der Waals surface area contributed by atoms with Gasteiger partial charge in [-0.1, -0.05) is 6.07 Å². The number of anilines is 3. The zero-order valence-electron chi connectivity index (χ0n) is 18.1. The Hall–Kier alpha value is -3.50. The van der Waals surface area contributed by atoms with Gasteiger partial charge in [-0.25, -0.2) is 4.98 Å². The summed E-state index contributed by atoms with van der Waals surface area (Å²) in [5.74, 6) is 1.09. The second-order valence-corrected chi connectivity index (χ2v) is 8.10. The van der Waals surface area contributed by atoms with Crippen LogP contribution in [0.1, 0.15) is 5.69 Å². The van der Waals surface area contributed by atoms with Crippen molar-refractivity contribution >= 4 is 50.2 Å². The molecule has 0 spiro atoms. The molecule has 3 heterocycles. The van der Waals surface area contributed by atoms with Gasteiger partial charge in [-0.2, -0.15) is 4.98 Å². The molecule has 0 unspecified atom stereocenters. The predicted molar refractivity (Wildman–Crippen MR) is 131 cm³/mol. The monoisotopic (exact) mass is 509 g/mol. The number of hydrogen-bond donors (Lipinski definition) is 3. The normalized spacial score (nSPS) is 10.8. The lowest BCUT2D eigenvalue weighted by atomic mass is 10.2. The first kappa shape index (κ1) is 22.7. The molecule has 0 saturated heterocycles. The van der Waals surface area contributed by atoms with Crippen LogP contribution in [0.5, 0.6) is 0 Å². The van der Waals surface area contributed by atoms with Gasteiger partial charge in [-0.05, 0) is 52.3 Å². The fourth-order valence-corrected chi connectivity index (χ4v) is 3.61. The van der Waals surface area contributed by atoms with E-state index in [2.05, 4.69) is 46.8 Å². The highest BCUT2D eigenvalue weighted by atomic mass is 79.9. The van der Waals surface area contributed by atoms with E-state index in [9.17, 15) is 4.79 Å². The third-order valence-electron chi connectivity index (χ3n) is 4.88. The van der Waals surface area contributed by atoms with Crippen LogP contribution >= 0.6 is 15.9 Å². The van der Waals surface area contributed by atoms with E-state index in [4.69, 9.17) is 4.74 Å². The Kier molecular flexibility index (Phi) is 7.48. The molecule has 3 aromatic heterocycles. The SMILES string of the molecule is COCCNC(=O)Cn1ccc2cc(Nc3ncc(Br)c(NCc4ccccn4)n3)ccc21. The molecule has 0 atom stereocenters. The Morgan fingerprint density at radius 2 is 2.09 bits per heavy atom. The Morgan fingerprint density at radius 3 is 2.91 bits per heavy atom. The van der Waals surface area contributed by atoms with E-state index in [1.807, 2.05) is 53.2 Å². The van der Waals surface area contributed by atoms with Crippen LogP contribution in [0.3, 0.4) is 0 Å². The number of nitrogens with one attached hydrogen (secondary N) is 3. The largest absolute Gasteiger partial charge is 0.383 e. The van der Waals surface area contributed by atoms with Gasteiger partial charge in [0.15, 0.2) is 0 Å². The van der Waals surface area contributed by atoms with Crippen molar-refractivity contribution < 1.29 is 9.53 Å². The number of amides is 1. The lowest BCUT2D eigenvalue weighted by Crippen LogP contribution is -2.30. The number of aromatic nitrogens is 4. The summed E-state index contributed by atoms with van der Waals surface area (Å²) in [6, 6.07) is 13.7. The second-order valence-electron chi connectivity index (χ2n) is 7.25. The van der Waals surface area contributed by atoms with Crippen molar-refractivity contribution in [3.63, 3.8) is 0 Å². The molecule has 0 aliphatic heterocycles. The van der Waals surface area contributed by atoms with Crippen LogP contribution in [0.15, 0.2) is 65.5 Å². The molecular weight excluding hydrogens is 486 g/mol. The van der Waals surface area contributed by atoms with E-state index in [1.54, 1.807) is 19.5 Å². The minimum Gasteiger partial charge on any atom is -0.383 e. The first-order chi connectivity index (χ1) is 16.1. The summed E-state index contributed by atoms with van der Waals surface area (Å²) in [5, 5.41) is 10.4. The summed E-state index contributed by atoms with van der Waals surface area (Å²) in [4.78, 5) is 25.3. The third kappa shape index (κ3) is 6.05. The highest BCUT2D eigenvalue weighted by Crippen LogP contribution is 2.25. The van der Waals surface area contributed by atoms with Crippen molar-refractivity contribution in [3.8, 4) is 0 Å². The topological polar surface area (TPSA) is 106 Å². The van der Waals surface area contributed by atoms with Crippen LogP contribution in [0, 0.1) is 0 Å². The zero-order chi connectivity index (χ0) is 23.0. The van der Waals surface area contributed by atoms with E-state index in [0.717, 1.165) is 26.8 Å². The molecule has 0 radical (unpaired) electrons. The van der Waals surface area contributed by atoms with Crippen LogP contribution < -0.4 is 16.0 Å². The molecule has 3 N–H and O–H groups in total. The van der Waals surface area contributed by atoms with Gasteiger partial charge in [0, 0.05) is 48.8 Å². The highest BCUT2D eigenvalue weighted by molar-refractivity contribution is 9.10. The van der Waals surface area contributed by atoms with Crippen molar-refractivity contribution in [1.29, 1.82) is 0 Å². The van der Waals surface area contributed by atoms with Gasteiger partial charge in [0.2, 0.25) is 11.9 Å². The number of ether oxygens (including phenoxy) is 1. The number of fused-ring (bicyclic) bond motifs is 1. The Bertz CT molecular complexity index is 1230. The number of halogens is 1. The number of nitrogens with zero attached hydrogens (tertiary/aromatic N) is 4. The number of hydrogen-bond acceptors (Lipinski definition) is 7. The second kappa shape index (κ2) is 10.9. The first-order valence-electron chi connectivity index (χ1n) is 10.4. The summed E-state index contributed by atoms with van der Waals surface area (Å²) in [6.45, 7) is 1.79. The molecule has 0 aliphatic carbocycles. The van der Waals surface area contributed by atoms with Crippen LogP contribution in [0.4, 0.5) is 17.5 Å². The van der Waals surface area contributed by atoms with Crippen molar-refractivity contribution in [2.24, 2.45) is 0 Å². The number of carbonyl (C=O) groups is 1. The Labute approximate surface area is 199 Å². The minimum absolute atomic E-state index is 0.0549. The quantitative estimate of drug-likeness (QED) is 0.280. The maximum absolute atomic E-state index is 12.1. The number of carbonyl (C=O) groups excluding carboxylic acids is 1. The fraction of sp³-hybridized carbons (Fsp3) is 0.217. The molecule has 0 fully saturated rings. The number of rotatable bonds is 10. The van der Waals surface area contributed by atoms with Crippen LogP contribution in [0.25, 0.3) is 10.9 Å². The molecule has 170 valence electrons. The zero-order valence-corrected chi connectivity index (χ0v) is 19.7. The first-order valence-corrected chi connectivity index (χ1v) is 11.2. The molecule has 10 heteroatoms. The smallest absolute Gasteiger partial charge is 0.240 e. The average molecular weight is 510 g/mol. The van der Waals surface area contributed by atoms with Crippen LogP contribution in [0.2, 0.25) is 0 Å². The molecular formula is C23H24BrN7O2. The van der Waals surface area contributed by atoms with Crippen molar-refractivity contribution in [3.05, 3.63) is 71.2 Å². The third-order valence-corrected chi connectivity index (χ3v) is 5.46. The molecule has 0 saturated carbocycles. The molecule has 9 nitrogen and oxygen atoms in total. The molecule has 1 aromatic carbocycles. The summed E-state index contributed by atoms with van der Waals surface area (Å²) in [6.07, 6.45) is 5.36. The number of pyridine rings is 1. The van der Waals surface area contributed by atoms with Gasteiger partial charge in [-0.15, -0.1) is 0 Å². The highest BCUT2D eigenvalue weighted by Gasteiger charge is 2.09. The lowest BCUT2D eigenvalue weighted by Gasteiger charge is -2.11. The van der Waals surface area contributed by atoms with Gasteiger partial charge in [0.05, 0.1) is 23.3 Å². The number of benzene rings is 1. The van der Waals surface area contributed by atoms with Crippen LogP contribution in [-0.4, -0.2) is 45.7 Å². The lowest BCUT2D eigenvalue weighted by molar-refractivity contribution is -0.121. The van der Waals surface area contributed by atoms with E-state index in [-0.39, 0.29) is 12.5 Å². The van der Waals surface area contributed by atoms with E-state index in [1.165, 1.54) is 0 Å². The van der Waals surface area contributed by atoms with Crippen molar-refractivity contribution in [1.82, 2.24) is 24.8 Å². The van der Waals surface area contributed by atoms with E-state index < -0.39 is 0 Å². The van der Waals surface area contributed by atoms with E-state index >= 15 is 0 Å². The fourth-order valence-electron chi connectivity index (χ4n) is 3.28. The molecule has 4 rings (SSSR count). The standard InChI is InChI=1S/C23H24BrN7O2/c1-33-11-9-26-21(32)15-31-10-7-16-12-17(5-6-20(16)31)29-23-28-14-19(24)22(30-23)27-13-18-4-2-3-8-25-18/h2-8,10,12,14H,9,11,13,15H2,1H3,(H,26,32)(H2,27,28,29,30). The molecule has 1 amide bonds. The maximum atomic E-state index is 12.1. The number of methoxy groups -OCH3 is 1. The van der Waals surface area contributed by atoms with Gasteiger partial charge in [-0.3, -0.25) is 9.78 Å². The molecule has 0 aliphatic rings. The van der Waals surface area contributed by atoms with Gasteiger partial charge >= 0.3 is 0 Å². The predicted octanol–water partition coefficient (Wildman–Crippen LogP) is 3.71. The Balaban J connectivity index is 1.43. The summed E-state index contributed by atoms with van der Waals surface area (Å²) < 4.78 is 7.64.